The smallest absolute Gasteiger partial charge is 0.261 e. The molecule has 0 unspecified atom stereocenters. The number of nitrogens with one attached hydrogen (secondary N) is 1. The molecule has 1 aliphatic heterocycles. The van der Waals surface area contributed by atoms with E-state index in [1.54, 1.807) is 12.4 Å². The van der Waals surface area contributed by atoms with Crippen LogP contribution in [0.15, 0.2) is 55.0 Å². The molecule has 35 heavy (non-hydrogen) atoms. The van der Waals surface area contributed by atoms with Crippen molar-refractivity contribution in [3.8, 4) is 0 Å². The zero-order chi connectivity index (χ0) is 24.2. The summed E-state index contributed by atoms with van der Waals surface area (Å²) in [5, 5.41) is 5.30. The highest BCUT2D eigenvalue weighted by Crippen LogP contribution is 2.26. The van der Waals surface area contributed by atoms with Crippen molar-refractivity contribution < 1.29 is 9.59 Å². The molecule has 1 aliphatic rings. The minimum atomic E-state index is 0.00390. The number of benzene rings is 1. The van der Waals surface area contributed by atoms with E-state index in [2.05, 4.69) is 33.2 Å². The van der Waals surface area contributed by atoms with Crippen molar-refractivity contribution in [2.45, 2.75) is 38.5 Å². The van der Waals surface area contributed by atoms with E-state index in [9.17, 15) is 9.59 Å². The van der Waals surface area contributed by atoms with Crippen molar-refractivity contribution in [2.75, 3.05) is 19.6 Å². The third kappa shape index (κ3) is 5.40. The van der Waals surface area contributed by atoms with Crippen molar-refractivity contribution >= 4 is 44.1 Å². The van der Waals surface area contributed by atoms with Crippen LogP contribution in [0.1, 0.15) is 47.3 Å². The summed E-state index contributed by atoms with van der Waals surface area (Å²) in [6, 6.07) is 12.1. The van der Waals surface area contributed by atoms with Gasteiger partial charge in [0.05, 0.1) is 16.0 Å². The zero-order valence-corrected chi connectivity index (χ0v) is 21.0. The van der Waals surface area contributed by atoms with Crippen LogP contribution in [0.4, 0.5) is 0 Å². The topological polar surface area (TPSA) is 67.2 Å². The van der Waals surface area contributed by atoms with Gasteiger partial charge in [-0.15, -0.1) is 11.3 Å². The van der Waals surface area contributed by atoms with Gasteiger partial charge in [0.2, 0.25) is 5.91 Å². The van der Waals surface area contributed by atoms with Gasteiger partial charge in [0.15, 0.2) is 0 Å². The lowest BCUT2D eigenvalue weighted by atomic mass is 9.91. The fraction of sp³-hybridized carbons (Fsp3) is 0.393. The molecule has 1 saturated heterocycles. The van der Waals surface area contributed by atoms with E-state index in [-0.39, 0.29) is 11.8 Å². The largest absolute Gasteiger partial charge is 0.351 e. The first-order valence-corrected chi connectivity index (χ1v) is 13.3. The fourth-order valence-electron chi connectivity index (χ4n) is 5.16. The minimum Gasteiger partial charge on any atom is -0.351 e. The summed E-state index contributed by atoms with van der Waals surface area (Å²) in [6.07, 6.45) is 11.5. The number of likely N-dealkylation sites (tertiary alicyclic amines) is 1. The molecular weight excluding hydrogens is 456 g/mol. The van der Waals surface area contributed by atoms with Gasteiger partial charge in [-0.1, -0.05) is 31.0 Å². The molecule has 1 aromatic carbocycles. The molecule has 1 N–H and O–H groups in total. The molecule has 7 heteroatoms. The standard InChI is InChI=1S/C28H32N4O2S/c1-31-19-22(23-7-2-3-8-24(23)31)17-27(33)32-14-10-20(11-15-32)6-4-5-12-30-28(34)25-16-21-9-13-29-18-26(21)35-25/h2-3,7-9,13,16,18-20H,4-6,10-12,14-15,17H2,1H3,(H,30,34). The molecule has 2 amide bonds. The molecule has 182 valence electrons. The highest BCUT2D eigenvalue weighted by Gasteiger charge is 2.23. The summed E-state index contributed by atoms with van der Waals surface area (Å²) in [4.78, 5) is 32.3. The van der Waals surface area contributed by atoms with E-state index < -0.39 is 0 Å². The number of piperidine rings is 1. The van der Waals surface area contributed by atoms with Gasteiger partial charge in [0, 0.05) is 56.2 Å². The van der Waals surface area contributed by atoms with Crippen LogP contribution in [-0.4, -0.2) is 45.9 Å². The number of amides is 2. The summed E-state index contributed by atoms with van der Waals surface area (Å²) < 4.78 is 3.15. The average Bonchev–Trinajstić information content (AvgIpc) is 3.45. The van der Waals surface area contributed by atoms with E-state index in [0.29, 0.717) is 18.9 Å². The number of hydrogen-bond acceptors (Lipinski definition) is 4. The van der Waals surface area contributed by atoms with Gasteiger partial charge in [-0.05, 0) is 54.3 Å². The Bertz CT molecular complexity index is 1300. The number of thiophene rings is 1. The van der Waals surface area contributed by atoms with E-state index in [1.165, 1.54) is 22.2 Å². The summed E-state index contributed by atoms with van der Waals surface area (Å²) in [5.74, 6) is 0.908. The molecule has 0 spiro atoms. The first kappa shape index (κ1) is 23.5. The van der Waals surface area contributed by atoms with Crippen LogP contribution in [0, 0.1) is 5.92 Å². The number of unbranched alkanes of at least 4 members (excludes halogenated alkanes) is 1. The summed E-state index contributed by atoms with van der Waals surface area (Å²) in [6.45, 7) is 2.41. The summed E-state index contributed by atoms with van der Waals surface area (Å²) >= 11 is 1.49. The van der Waals surface area contributed by atoms with Crippen LogP contribution in [0.2, 0.25) is 0 Å². The highest BCUT2D eigenvalue weighted by molar-refractivity contribution is 7.20. The maximum absolute atomic E-state index is 12.9. The molecule has 0 atom stereocenters. The number of aryl methyl sites for hydroxylation is 1. The van der Waals surface area contributed by atoms with Crippen LogP contribution in [0.5, 0.6) is 0 Å². The van der Waals surface area contributed by atoms with Gasteiger partial charge in [-0.3, -0.25) is 14.6 Å². The average molecular weight is 489 g/mol. The number of aromatic nitrogens is 2. The molecule has 1 fully saturated rings. The third-order valence-corrected chi connectivity index (χ3v) is 8.24. The third-order valence-electron chi connectivity index (χ3n) is 7.16. The number of carbonyl (C=O) groups is 2. The molecule has 0 bridgehead atoms. The Morgan fingerprint density at radius 3 is 2.80 bits per heavy atom. The van der Waals surface area contributed by atoms with Crippen molar-refractivity contribution in [3.63, 3.8) is 0 Å². The number of pyridine rings is 1. The van der Waals surface area contributed by atoms with Crippen molar-refractivity contribution in [1.82, 2.24) is 19.8 Å². The molecule has 3 aromatic heterocycles. The van der Waals surface area contributed by atoms with Gasteiger partial charge < -0.3 is 14.8 Å². The first-order valence-electron chi connectivity index (χ1n) is 12.5. The Balaban J connectivity index is 1.01. The first-order chi connectivity index (χ1) is 17.1. The number of nitrogens with zero attached hydrogens (tertiary/aromatic N) is 3. The molecule has 0 aliphatic carbocycles. The Morgan fingerprint density at radius 2 is 1.97 bits per heavy atom. The van der Waals surface area contributed by atoms with E-state index in [0.717, 1.165) is 65.7 Å². The van der Waals surface area contributed by atoms with Crippen molar-refractivity contribution in [3.05, 3.63) is 65.4 Å². The van der Waals surface area contributed by atoms with Gasteiger partial charge in [0.1, 0.15) is 0 Å². The molecule has 4 aromatic rings. The summed E-state index contributed by atoms with van der Waals surface area (Å²) in [5.41, 5.74) is 2.29. The lowest BCUT2D eigenvalue weighted by Crippen LogP contribution is -2.39. The molecule has 5 rings (SSSR count). The Labute approximate surface area is 210 Å². The summed E-state index contributed by atoms with van der Waals surface area (Å²) in [7, 11) is 2.04. The quantitative estimate of drug-likeness (QED) is 0.348. The Hall–Kier alpha value is -3.19. The minimum absolute atomic E-state index is 0.00390. The van der Waals surface area contributed by atoms with E-state index in [1.807, 2.05) is 36.2 Å². The van der Waals surface area contributed by atoms with Crippen molar-refractivity contribution in [2.24, 2.45) is 13.0 Å². The van der Waals surface area contributed by atoms with E-state index in [4.69, 9.17) is 0 Å². The predicted octanol–water partition coefficient (Wildman–Crippen LogP) is 5.17. The zero-order valence-electron chi connectivity index (χ0n) is 20.2. The molecular formula is C28H32N4O2S. The fourth-order valence-corrected chi connectivity index (χ4v) is 6.10. The SMILES string of the molecule is Cn1cc(CC(=O)N2CCC(CCCCNC(=O)c3cc4ccncc4s3)CC2)c2ccccc21. The lowest BCUT2D eigenvalue weighted by Gasteiger charge is -2.32. The van der Waals surface area contributed by atoms with Crippen LogP contribution < -0.4 is 5.32 Å². The van der Waals surface area contributed by atoms with Crippen LogP contribution in [0.25, 0.3) is 21.0 Å². The molecule has 0 radical (unpaired) electrons. The maximum atomic E-state index is 12.9. The van der Waals surface area contributed by atoms with Gasteiger partial charge >= 0.3 is 0 Å². The number of carbonyl (C=O) groups excluding carboxylic acids is 2. The number of para-hydroxylation sites is 1. The number of hydrogen-bond donors (Lipinski definition) is 1. The second-order valence-electron chi connectivity index (χ2n) is 9.56. The molecule has 4 heterocycles. The lowest BCUT2D eigenvalue weighted by molar-refractivity contribution is -0.131. The van der Waals surface area contributed by atoms with Crippen molar-refractivity contribution in [1.29, 1.82) is 0 Å². The van der Waals surface area contributed by atoms with Crippen LogP contribution in [-0.2, 0) is 18.3 Å². The molecule has 0 saturated carbocycles. The van der Waals surface area contributed by atoms with Gasteiger partial charge in [0.25, 0.3) is 5.91 Å². The van der Waals surface area contributed by atoms with Crippen LogP contribution in [0.3, 0.4) is 0 Å². The number of fused-ring (bicyclic) bond motifs is 2. The van der Waals surface area contributed by atoms with Crippen LogP contribution >= 0.6 is 11.3 Å². The number of rotatable bonds is 8. The van der Waals surface area contributed by atoms with E-state index >= 15 is 0 Å². The predicted molar refractivity (Wildman–Crippen MR) is 142 cm³/mol. The second-order valence-corrected chi connectivity index (χ2v) is 10.6. The Kier molecular flexibility index (Phi) is 7.13. The highest BCUT2D eigenvalue weighted by atomic mass is 32.1. The monoisotopic (exact) mass is 488 g/mol. The van der Waals surface area contributed by atoms with Gasteiger partial charge in [-0.25, -0.2) is 0 Å². The molecule has 6 nitrogen and oxygen atoms in total. The van der Waals surface area contributed by atoms with Gasteiger partial charge in [-0.2, -0.15) is 0 Å². The Morgan fingerprint density at radius 1 is 1.14 bits per heavy atom. The maximum Gasteiger partial charge on any atom is 0.261 e. The second kappa shape index (κ2) is 10.6. The normalized spacial score (nSPS) is 14.6.